The van der Waals surface area contributed by atoms with E-state index in [1.165, 1.54) is 46.3 Å². The monoisotopic (exact) mass is 414 g/mol. The number of thioether (sulfide) groups is 1. The Kier molecular flexibility index (Phi) is 6.87. The number of aromatic nitrogens is 3. The summed E-state index contributed by atoms with van der Waals surface area (Å²) in [5.41, 5.74) is 2.74. The quantitative estimate of drug-likeness (QED) is 0.246. The first-order chi connectivity index (χ1) is 13.9. The van der Waals surface area contributed by atoms with Crippen molar-refractivity contribution in [2.24, 2.45) is 0 Å². The Bertz CT molecular complexity index is 989. The molecule has 0 amide bonds. The average molecular weight is 415 g/mol. The van der Waals surface area contributed by atoms with E-state index in [1.54, 1.807) is 0 Å². The standard InChI is InChI=1S/C21H23FN4O2S/c1-14-5-10-19(15(2)12-14)28-13-20-24-25-21(26(20)23)29-11-3-4-18(27)16-6-8-17(22)9-7-16/h5-10,12H,3-4,11,13,23H2,1-2H3. The van der Waals surface area contributed by atoms with Gasteiger partial charge >= 0.3 is 0 Å². The van der Waals surface area contributed by atoms with Gasteiger partial charge in [0.1, 0.15) is 18.2 Å². The number of hydrogen-bond donors (Lipinski definition) is 1. The van der Waals surface area contributed by atoms with Gasteiger partial charge in [-0.2, -0.15) is 0 Å². The molecule has 0 unspecified atom stereocenters. The Morgan fingerprint density at radius 1 is 1.17 bits per heavy atom. The van der Waals surface area contributed by atoms with Crippen LogP contribution in [0.5, 0.6) is 5.75 Å². The Morgan fingerprint density at radius 2 is 1.93 bits per heavy atom. The van der Waals surface area contributed by atoms with Crippen LogP contribution in [0.1, 0.15) is 40.2 Å². The average Bonchev–Trinajstić information content (AvgIpc) is 3.04. The second-order valence-corrected chi connectivity index (χ2v) is 7.77. The van der Waals surface area contributed by atoms with Crippen molar-refractivity contribution >= 4 is 17.5 Å². The van der Waals surface area contributed by atoms with E-state index < -0.39 is 0 Å². The van der Waals surface area contributed by atoms with Gasteiger partial charge in [-0.05, 0) is 56.2 Å². The normalized spacial score (nSPS) is 10.9. The number of halogens is 1. The molecule has 29 heavy (non-hydrogen) atoms. The molecule has 8 heteroatoms. The van der Waals surface area contributed by atoms with E-state index >= 15 is 0 Å². The lowest BCUT2D eigenvalue weighted by Gasteiger charge is -2.09. The van der Waals surface area contributed by atoms with Gasteiger partial charge in [-0.15, -0.1) is 10.2 Å². The molecule has 0 spiro atoms. The highest BCUT2D eigenvalue weighted by Gasteiger charge is 2.12. The number of Topliss-reactive ketones (excluding diaryl/α,β-unsaturated/α-hetero) is 1. The maximum atomic E-state index is 12.9. The zero-order chi connectivity index (χ0) is 20.8. The van der Waals surface area contributed by atoms with Gasteiger partial charge in [0.25, 0.3) is 0 Å². The van der Waals surface area contributed by atoms with Crippen LogP contribution in [0.25, 0.3) is 0 Å². The van der Waals surface area contributed by atoms with Gasteiger partial charge in [-0.1, -0.05) is 29.5 Å². The molecule has 1 aromatic heterocycles. The van der Waals surface area contributed by atoms with Crippen molar-refractivity contribution in [3.05, 3.63) is 70.8 Å². The van der Waals surface area contributed by atoms with E-state index in [4.69, 9.17) is 10.6 Å². The summed E-state index contributed by atoms with van der Waals surface area (Å²) < 4.78 is 20.1. The van der Waals surface area contributed by atoms with Gasteiger partial charge in [0, 0.05) is 17.7 Å². The van der Waals surface area contributed by atoms with E-state index in [2.05, 4.69) is 16.3 Å². The van der Waals surface area contributed by atoms with E-state index in [-0.39, 0.29) is 18.2 Å². The SMILES string of the molecule is Cc1ccc(OCc2nnc(SCCCC(=O)c3ccc(F)cc3)n2N)c(C)c1. The van der Waals surface area contributed by atoms with Crippen molar-refractivity contribution in [1.82, 2.24) is 14.9 Å². The van der Waals surface area contributed by atoms with Crippen LogP contribution in [0.3, 0.4) is 0 Å². The number of ketones is 1. The van der Waals surface area contributed by atoms with Crippen molar-refractivity contribution in [2.45, 2.75) is 38.5 Å². The third kappa shape index (κ3) is 5.57. The summed E-state index contributed by atoms with van der Waals surface area (Å²) in [7, 11) is 0. The minimum Gasteiger partial charge on any atom is -0.485 e. The largest absolute Gasteiger partial charge is 0.485 e. The number of nitrogens with two attached hydrogens (primary N) is 1. The van der Waals surface area contributed by atoms with Crippen LogP contribution in [0, 0.1) is 19.7 Å². The van der Waals surface area contributed by atoms with Crippen LogP contribution in [-0.2, 0) is 6.61 Å². The summed E-state index contributed by atoms with van der Waals surface area (Å²) in [6.45, 7) is 4.24. The van der Waals surface area contributed by atoms with E-state index in [0.717, 1.165) is 11.3 Å². The smallest absolute Gasteiger partial charge is 0.209 e. The molecule has 0 radical (unpaired) electrons. The Labute approximate surface area is 173 Å². The summed E-state index contributed by atoms with van der Waals surface area (Å²) in [6, 6.07) is 11.6. The number of nitrogen functional groups attached to an aromatic ring is 1. The van der Waals surface area contributed by atoms with Crippen LogP contribution >= 0.6 is 11.8 Å². The van der Waals surface area contributed by atoms with Crippen molar-refractivity contribution in [3.8, 4) is 5.75 Å². The zero-order valence-electron chi connectivity index (χ0n) is 16.4. The van der Waals surface area contributed by atoms with Gasteiger partial charge in [-0.3, -0.25) is 4.79 Å². The second-order valence-electron chi connectivity index (χ2n) is 6.71. The fraction of sp³-hybridized carbons (Fsp3) is 0.286. The molecule has 0 bridgehead atoms. The fourth-order valence-electron chi connectivity index (χ4n) is 2.78. The predicted molar refractivity (Wildman–Crippen MR) is 111 cm³/mol. The molecular weight excluding hydrogens is 391 g/mol. The highest BCUT2D eigenvalue weighted by molar-refractivity contribution is 7.99. The zero-order valence-corrected chi connectivity index (χ0v) is 17.2. The molecule has 6 nitrogen and oxygen atoms in total. The lowest BCUT2D eigenvalue weighted by atomic mass is 10.1. The topological polar surface area (TPSA) is 83.0 Å². The van der Waals surface area contributed by atoms with Crippen LogP contribution < -0.4 is 10.6 Å². The number of ether oxygens (including phenoxy) is 1. The predicted octanol–water partition coefficient (Wildman–Crippen LogP) is 4.08. The van der Waals surface area contributed by atoms with Crippen LogP contribution in [0.15, 0.2) is 47.6 Å². The maximum Gasteiger partial charge on any atom is 0.209 e. The summed E-state index contributed by atoms with van der Waals surface area (Å²) in [6.07, 6.45) is 1.03. The van der Waals surface area contributed by atoms with Gasteiger partial charge in [0.2, 0.25) is 5.16 Å². The number of aryl methyl sites for hydroxylation is 2. The third-order valence-corrected chi connectivity index (χ3v) is 5.40. The highest BCUT2D eigenvalue weighted by atomic mass is 32.2. The van der Waals surface area contributed by atoms with Gasteiger partial charge in [0.15, 0.2) is 11.6 Å². The minimum absolute atomic E-state index is 0.0117. The molecule has 0 saturated carbocycles. The second kappa shape index (κ2) is 9.56. The first kappa shape index (κ1) is 20.9. The van der Waals surface area contributed by atoms with Gasteiger partial charge < -0.3 is 10.6 Å². The maximum absolute atomic E-state index is 12.9. The summed E-state index contributed by atoms with van der Waals surface area (Å²) in [5.74, 6) is 7.68. The lowest BCUT2D eigenvalue weighted by Crippen LogP contribution is -2.16. The van der Waals surface area contributed by atoms with Crippen molar-refractivity contribution in [3.63, 3.8) is 0 Å². The van der Waals surface area contributed by atoms with Crippen molar-refractivity contribution < 1.29 is 13.9 Å². The molecule has 2 aromatic carbocycles. The van der Waals surface area contributed by atoms with E-state index in [9.17, 15) is 9.18 Å². The summed E-state index contributed by atoms with van der Waals surface area (Å²) >= 11 is 1.43. The minimum atomic E-state index is -0.350. The molecule has 152 valence electrons. The van der Waals surface area contributed by atoms with Gasteiger partial charge in [0.05, 0.1) is 0 Å². The summed E-state index contributed by atoms with van der Waals surface area (Å²) in [4.78, 5) is 12.1. The van der Waals surface area contributed by atoms with Crippen molar-refractivity contribution in [2.75, 3.05) is 11.6 Å². The third-order valence-electron chi connectivity index (χ3n) is 4.37. The fourth-order valence-corrected chi connectivity index (χ4v) is 3.60. The van der Waals surface area contributed by atoms with E-state index in [0.29, 0.717) is 35.1 Å². The Balaban J connectivity index is 1.47. The highest BCUT2D eigenvalue weighted by Crippen LogP contribution is 2.21. The number of carbonyl (C=O) groups excluding carboxylic acids is 1. The number of hydrogen-bond acceptors (Lipinski definition) is 6. The Morgan fingerprint density at radius 3 is 2.66 bits per heavy atom. The first-order valence-electron chi connectivity index (χ1n) is 9.25. The molecular formula is C21H23FN4O2S. The lowest BCUT2D eigenvalue weighted by molar-refractivity contribution is 0.0982. The number of rotatable bonds is 9. The molecule has 3 rings (SSSR count). The van der Waals surface area contributed by atoms with Crippen LogP contribution in [-0.4, -0.2) is 26.4 Å². The molecule has 0 aliphatic rings. The first-order valence-corrected chi connectivity index (χ1v) is 10.2. The molecule has 0 aliphatic carbocycles. The molecule has 3 aromatic rings. The van der Waals surface area contributed by atoms with Crippen molar-refractivity contribution in [1.29, 1.82) is 0 Å². The summed E-state index contributed by atoms with van der Waals surface area (Å²) in [5, 5.41) is 8.75. The molecule has 2 N–H and O–H groups in total. The number of nitrogens with zero attached hydrogens (tertiary/aromatic N) is 3. The van der Waals surface area contributed by atoms with Crippen LogP contribution in [0.4, 0.5) is 4.39 Å². The Hall–Kier alpha value is -2.87. The molecule has 0 fully saturated rings. The number of carbonyl (C=O) groups is 1. The molecule has 0 atom stereocenters. The molecule has 1 heterocycles. The van der Waals surface area contributed by atoms with E-state index in [1.807, 2.05) is 26.0 Å². The van der Waals surface area contributed by atoms with Gasteiger partial charge in [-0.25, -0.2) is 9.07 Å². The molecule has 0 aliphatic heterocycles. The van der Waals surface area contributed by atoms with Crippen LogP contribution in [0.2, 0.25) is 0 Å². The molecule has 0 saturated heterocycles. The number of benzene rings is 2.